The van der Waals surface area contributed by atoms with Gasteiger partial charge in [-0.05, 0) is 37.6 Å². The van der Waals surface area contributed by atoms with Gasteiger partial charge in [0.2, 0.25) is 0 Å². The van der Waals surface area contributed by atoms with Crippen molar-refractivity contribution in [3.8, 4) is 0 Å². The molecule has 0 aliphatic carbocycles. The van der Waals surface area contributed by atoms with Crippen LogP contribution in [-0.4, -0.2) is 24.4 Å². The monoisotopic (exact) mass is 257 g/mol. The Balaban J connectivity index is 2.42. The third kappa shape index (κ3) is 4.36. The summed E-state index contributed by atoms with van der Waals surface area (Å²) in [4.78, 5) is 12.3. The van der Waals surface area contributed by atoms with Gasteiger partial charge in [0.15, 0.2) is 0 Å². The zero-order valence-electron chi connectivity index (χ0n) is 9.90. The molecular weight excluding hydrogens is 241 g/mol. The van der Waals surface area contributed by atoms with Crippen LogP contribution in [0, 0.1) is 5.82 Å². The van der Waals surface area contributed by atoms with Crippen molar-refractivity contribution < 1.29 is 13.9 Å². The van der Waals surface area contributed by atoms with Gasteiger partial charge in [-0.3, -0.25) is 4.79 Å². The molecule has 1 aromatic rings. The second-order valence-electron chi connectivity index (χ2n) is 3.96. The predicted molar refractivity (Wildman–Crippen MR) is 66.3 cm³/mol. The highest BCUT2D eigenvalue weighted by Crippen LogP contribution is 2.21. The smallest absolute Gasteiger partial charge is 0.325 e. The van der Waals surface area contributed by atoms with Gasteiger partial charge in [-0.25, -0.2) is 4.39 Å². The molecule has 17 heavy (non-hydrogen) atoms. The molecule has 2 N–H and O–H groups in total. The third-order valence-corrected chi connectivity index (χ3v) is 3.37. The zero-order chi connectivity index (χ0) is 12.9. The van der Waals surface area contributed by atoms with Gasteiger partial charge in [0.1, 0.15) is 11.4 Å². The third-order valence-electron chi connectivity index (χ3n) is 2.36. The fraction of sp³-hybridized carbons (Fsp3) is 0.417. The van der Waals surface area contributed by atoms with Gasteiger partial charge >= 0.3 is 5.97 Å². The van der Waals surface area contributed by atoms with Crippen LogP contribution >= 0.6 is 11.8 Å². The molecule has 0 aromatic heterocycles. The molecule has 1 aromatic carbocycles. The highest BCUT2D eigenvalue weighted by Gasteiger charge is 2.28. The molecule has 0 aliphatic heterocycles. The summed E-state index contributed by atoms with van der Waals surface area (Å²) >= 11 is 1.53. The molecule has 1 rings (SSSR count). The second-order valence-corrected chi connectivity index (χ2v) is 5.13. The maximum Gasteiger partial charge on any atom is 0.325 e. The average molecular weight is 257 g/mol. The Morgan fingerprint density at radius 2 is 2.06 bits per heavy atom. The Labute approximate surface area is 105 Å². The van der Waals surface area contributed by atoms with E-state index in [0.29, 0.717) is 12.2 Å². The molecule has 0 fully saturated rings. The zero-order valence-corrected chi connectivity index (χ0v) is 10.7. The van der Waals surface area contributed by atoms with Crippen molar-refractivity contribution in [1.82, 2.24) is 0 Å². The molecule has 94 valence electrons. The summed E-state index contributed by atoms with van der Waals surface area (Å²) in [5, 5.41) is 0. The van der Waals surface area contributed by atoms with Gasteiger partial charge in [-0.2, -0.15) is 0 Å². The lowest BCUT2D eigenvalue weighted by Gasteiger charge is -2.20. The van der Waals surface area contributed by atoms with Crippen LogP contribution in [0.5, 0.6) is 0 Å². The number of carbonyl (C=O) groups is 1. The molecule has 1 unspecified atom stereocenters. The molecule has 0 bridgehead atoms. The molecule has 0 spiro atoms. The number of nitrogens with two attached hydrogens (primary N) is 1. The van der Waals surface area contributed by atoms with E-state index >= 15 is 0 Å². The maximum atomic E-state index is 12.7. The van der Waals surface area contributed by atoms with E-state index in [-0.39, 0.29) is 5.82 Å². The Kier molecular flexibility index (Phi) is 4.96. The minimum atomic E-state index is -0.970. The quantitative estimate of drug-likeness (QED) is 0.649. The van der Waals surface area contributed by atoms with Crippen molar-refractivity contribution in [3.63, 3.8) is 0 Å². The molecule has 0 aliphatic rings. The highest BCUT2D eigenvalue weighted by molar-refractivity contribution is 7.99. The molecule has 5 heteroatoms. The molecule has 0 radical (unpaired) electrons. The summed E-state index contributed by atoms with van der Waals surface area (Å²) in [6.45, 7) is 1.64. The van der Waals surface area contributed by atoms with Crippen molar-refractivity contribution in [2.45, 2.75) is 23.8 Å². The van der Waals surface area contributed by atoms with Crippen molar-refractivity contribution >= 4 is 17.7 Å². The number of ether oxygens (including phenoxy) is 1. The van der Waals surface area contributed by atoms with E-state index in [2.05, 4.69) is 4.74 Å². The fourth-order valence-corrected chi connectivity index (χ4v) is 2.34. The van der Waals surface area contributed by atoms with Crippen molar-refractivity contribution in [1.29, 1.82) is 0 Å². The summed E-state index contributed by atoms with van der Waals surface area (Å²) in [5.41, 5.74) is 4.84. The van der Waals surface area contributed by atoms with E-state index in [1.165, 1.54) is 31.0 Å². The topological polar surface area (TPSA) is 52.3 Å². The van der Waals surface area contributed by atoms with Gasteiger partial charge in [0.25, 0.3) is 0 Å². The van der Waals surface area contributed by atoms with Crippen LogP contribution in [0.2, 0.25) is 0 Å². The van der Waals surface area contributed by atoms with E-state index in [1.807, 2.05) is 0 Å². The minimum absolute atomic E-state index is 0.257. The SMILES string of the molecule is COC(=O)C(C)(N)CCSc1ccc(F)cc1. The molecule has 0 heterocycles. The molecule has 0 amide bonds. The van der Waals surface area contributed by atoms with Crippen molar-refractivity contribution in [2.75, 3.05) is 12.9 Å². The number of esters is 1. The first kappa shape index (κ1) is 14.0. The second kappa shape index (κ2) is 6.02. The molecule has 0 saturated heterocycles. The number of benzene rings is 1. The fourth-order valence-electron chi connectivity index (χ4n) is 1.25. The summed E-state index contributed by atoms with van der Waals surface area (Å²) in [6.07, 6.45) is 0.502. The largest absolute Gasteiger partial charge is 0.468 e. The highest BCUT2D eigenvalue weighted by atomic mass is 32.2. The van der Waals surface area contributed by atoms with Crippen molar-refractivity contribution in [2.24, 2.45) is 5.73 Å². The van der Waals surface area contributed by atoms with E-state index in [4.69, 9.17) is 5.73 Å². The minimum Gasteiger partial charge on any atom is -0.468 e. The van der Waals surface area contributed by atoms with Crippen LogP contribution in [0.4, 0.5) is 4.39 Å². The lowest BCUT2D eigenvalue weighted by Crippen LogP contribution is -2.46. The van der Waals surface area contributed by atoms with E-state index in [0.717, 1.165) is 4.90 Å². The van der Waals surface area contributed by atoms with Gasteiger partial charge in [-0.1, -0.05) is 0 Å². The number of hydrogen-bond acceptors (Lipinski definition) is 4. The number of thioether (sulfide) groups is 1. The Morgan fingerprint density at radius 1 is 1.47 bits per heavy atom. The van der Waals surface area contributed by atoms with Crippen LogP contribution in [0.25, 0.3) is 0 Å². The van der Waals surface area contributed by atoms with Gasteiger partial charge in [0.05, 0.1) is 7.11 Å². The van der Waals surface area contributed by atoms with Crippen LogP contribution in [0.1, 0.15) is 13.3 Å². The first-order valence-corrected chi connectivity index (χ1v) is 6.20. The first-order chi connectivity index (χ1) is 7.95. The van der Waals surface area contributed by atoms with Gasteiger partial charge in [-0.15, -0.1) is 11.8 Å². The number of halogens is 1. The Hall–Kier alpha value is -1.07. The Morgan fingerprint density at radius 3 is 2.59 bits per heavy atom. The van der Waals surface area contributed by atoms with E-state index in [9.17, 15) is 9.18 Å². The lowest BCUT2D eigenvalue weighted by atomic mass is 10.0. The van der Waals surface area contributed by atoms with E-state index < -0.39 is 11.5 Å². The van der Waals surface area contributed by atoms with E-state index in [1.54, 1.807) is 19.1 Å². The summed E-state index contributed by atoms with van der Waals surface area (Å²) < 4.78 is 17.3. The van der Waals surface area contributed by atoms with Crippen LogP contribution in [0.15, 0.2) is 29.2 Å². The number of methoxy groups -OCH3 is 1. The van der Waals surface area contributed by atoms with Crippen molar-refractivity contribution in [3.05, 3.63) is 30.1 Å². The standard InChI is InChI=1S/C12H16FNO2S/c1-12(14,11(15)16-2)7-8-17-10-5-3-9(13)4-6-10/h3-6H,7-8,14H2,1-2H3. The number of hydrogen-bond donors (Lipinski definition) is 1. The maximum absolute atomic E-state index is 12.7. The Bertz CT molecular complexity index is 379. The summed E-state index contributed by atoms with van der Waals surface area (Å²) in [5.74, 6) is -0.00179. The molecular formula is C12H16FNO2S. The summed E-state index contributed by atoms with van der Waals surface area (Å²) in [6, 6.07) is 6.21. The van der Waals surface area contributed by atoms with Gasteiger partial charge in [0, 0.05) is 10.6 Å². The number of carbonyl (C=O) groups excluding carboxylic acids is 1. The normalized spacial score (nSPS) is 14.1. The lowest BCUT2D eigenvalue weighted by molar-refractivity contribution is -0.146. The predicted octanol–water partition coefficient (Wildman–Crippen LogP) is 2.20. The van der Waals surface area contributed by atoms with Crippen LogP contribution in [-0.2, 0) is 9.53 Å². The first-order valence-electron chi connectivity index (χ1n) is 5.21. The van der Waals surface area contributed by atoms with Crippen LogP contribution < -0.4 is 5.73 Å². The molecule has 3 nitrogen and oxygen atoms in total. The summed E-state index contributed by atoms with van der Waals surface area (Å²) in [7, 11) is 1.32. The van der Waals surface area contributed by atoms with Gasteiger partial charge < -0.3 is 10.5 Å². The average Bonchev–Trinajstić information content (AvgIpc) is 2.30. The molecule has 1 atom stereocenters. The number of rotatable bonds is 5. The van der Waals surface area contributed by atoms with Crippen LogP contribution in [0.3, 0.4) is 0 Å². The molecule has 0 saturated carbocycles.